The number of phenols is 2. The van der Waals surface area contributed by atoms with Crippen molar-refractivity contribution < 1.29 is 10.2 Å². The van der Waals surface area contributed by atoms with E-state index in [1.54, 1.807) is 12.1 Å². The van der Waals surface area contributed by atoms with Gasteiger partial charge in [-0.2, -0.15) is 0 Å². The molecule has 0 heterocycles. The molecule has 1 aromatic carbocycles. The summed E-state index contributed by atoms with van der Waals surface area (Å²) in [4.78, 5) is 0.441. The molecule has 20 heavy (non-hydrogen) atoms. The standard InChI is InChI=1S/C16H20Br2O2/c1-9-4-5-15(18)16(2,3)11(9)6-10-7-14(20)12(17)8-13(10)19/h7-8,11,15,19-20H,1,4-6H2,2-3H3. The summed E-state index contributed by atoms with van der Waals surface area (Å²) in [5.74, 6) is 0.662. The maximum atomic E-state index is 10.1. The van der Waals surface area contributed by atoms with E-state index in [1.165, 1.54) is 5.57 Å². The minimum Gasteiger partial charge on any atom is -0.508 e. The second-order valence-corrected chi connectivity index (χ2v) is 8.13. The highest BCUT2D eigenvalue weighted by Crippen LogP contribution is 2.49. The summed E-state index contributed by atoms with van der Waals surface area (Å²) in [6.45, 7) is 8.68. The molecule has 0 spiro atoms. The van der Waals surface area contributed by atoms with E-state index < -0.39 is 0 Å². The Morgan fingerprint density at radius 2 is 1.95 bits per heavy atom. The predicted molar refractivity (Wildman–Crippen MR) is 89.5 cm³/mol. The summed E-state index contributed by atoms with van der Waals surface area (Å²) in [7, 11) is 0. The Kier molecular flexibility index (Phi) is 4.55. The van der Waals surface area contributed by atoms with Crippen LogP contribution in [0.5, 0.6) is 11.5 Å². The molecule has 0 saturated heterocycles. The second-order valence-electron chi connectivity index (χ2n) is 6.17. The molecule has 2 nitrogen and oxygen atoms in total. The maximum Gasteiger partial charge on any atom is 0.130 e. The molecule has 0 amide bonds. The molecule has 4 heteroatoms. The molecule has 0 bridgehead atoms. The lowest BCUT2D eigenvalue weighted by molar-refractivity contribution is 0.201. The van der Waals surface area contributed by atoms with Crippen molar-refractivity contribution in [1.82, 2.24) is 0 Å². The molecule has 1 aromatic rings. The highest BCUT2D eigenvalue weighted by atomic mass is 79.9. The van der Waals surface area contributed by atoms with E-state index in [9.17, 15) is 10.2 Å². The summed E-state index contributed by atoms with van der Waals surface area (Å²) in [6.07, 6.45) is 2.80. The van der Waals surface area contributed by atoms with Crippen molar-refractivity contribution >= 4 is 31.9 Å². The average molecular weight is 404 g/mol. The van der Waals surface area contributed by atoms with Gasteiger partial charge in [0.2, 0.25) is 0 Å². The third-order valence-electron chi connectivity index (χ3n) is 4.49. The molecule has 0 aliphatic heterocycles. The number of hydrogen-bond acceptors (Lipinski definition) is 2. The Morgan fingerprint density at radius 3 is 2.60 bits per heavy atom. The number of alkyl halides is 1. The summed E-state index contributed by atoms with van der Waals surface area (Å²) in [5.41, 5.74) is 2.07. The molecule has 2 atom stereocenters. The van der Waals surface area contributed by atoms with Gasteiger partial charge in [-0.3, -0.25) is 0 Å². The van der Waals surface area contributed by atoms with Crippen molar-refractivity contribution in [3.05, 3.63) is 34.3 Å². The quantitative estimate of drug-likeness (QED) is 0.406. The zero-order chi connectivity index (χ0) is 15.1. The first-order valence-electron chi connectivity index (χ1n) is 6.75. The Morgan fingerprint density at radius 1 is 1.30 bits per heavy atom. The zero-order valence-corrected chi connectivity index (χ0v) is 15.0. The largest absolute Gasteiger partial charge is 0.508 e. The van der Waals surface area contributed by atoms with E-state index in [1.807, 2.05) is 0 Å². The Hall–Kier alpha value is -0.480. The number of hydrogen-bond donors (Lipinski definition) is 2. The fourth-order valence-corrected chi connectivity index (χ4v) is 3.87. The minimum absolute atomic E-state index is 0.0739. The van der Waals surface area contributed by atoms with Crippen LogP contribution in [0.15, 0.2) is 28.8 Å². The average Bonchev–Trinajstić information content (AvgIpc) is 2.36. The van der Waals surface area contributed by atoms with Crippen molar-refractivity contribution in [1.29, 1.82) is 0 Å². The van der Waals surface area contributed by atoms with Gasteiger partial charge in [0.25, 0.3) is 0 Å². The Bertz CT molecular complexity index is 538. The van der Waals surface area contributed by atoms with Gasteiger partial charge in [0.05, 0.1) is 4.47 Å². The smallest absolute Gasteiger partial charge is 0.130 e. The van der Waals surface area contributed by atoms with Crippen LogP contribution in [0, 0.1) is 11.3 Å². The monoisotopic (exact) mass is 402 g/mol. The van der Waals surface area contributed by atoms with Crippen molar-refractivity contribution in [3.8, 4) is 11.5 Å². The van der Waals surface area contributed by atoms with E-state index in [0.29, 0.717) is 15.7 Å². The fraction of sp³-hybridized carbons (Fsp3) is 0.500. The van der Waals surface area contributed by atoms with Crippen molar-refractivity contribution in [3.63, 3.8) is 0 Å². The number of rotatable bonds is 2. The van der Waals surface area contributed by atoms with Crippen LogP contribution in [-0.4, -0.2) is 15.0 Å². The van der Waals surface area contributed by atoms with Gasteiger partial charge in [0, 0.05) is 4.83 Å². The molecule has 110 valence electrons. The molecule has 1 fully saturated rings. The second kappa shape index (κ2) is 5.72. The predicted octanol–water partition coefficient (Wildman–Crippen LogP) is 5.16. The van der Waals surface area contributed by atoms with Crippen LogP contribution in [0.25, 0.3) is 0 Å². The molecule has 0 aromatic heterocycles. The van der Waals surface area contributed by atoms with Crippen LogP contribution in [0.1, 0.15) is 32.3 Å². The fourth-order valence-electron chi connectivity index (χ4n) is 2.99. The van der Waals surface area contributed by atoms with Gasteiger partial charge in [-0.15, -0.1) is 0 Å². The minimum atomic E-state index is 0.0739. The highest BCUT2D eigenvalue weighted by molar-refractivity contribution is 9.10. The molecule has 1 saturated carbocycles. The number of benzene rings is 1. The van der Waals surface area contributed by atoms with Gasteiger partial charge in [-0.05, 0) is 64.2 Å². The molecule has 0 radical (unpaired) electrons. The lowest BCUT2D eigenvalue weighted by Gasteiger charge is -2.44. The number of allylic oxidation sites excluding steroid dienone is 1. The molecule has 2 unspecified atom stereocenters. The molecular weight excluding hydrogens is 384 g/mol. The van der Waals surface area contributed by atoms with E-state index in [-0.39, 0.29) is 22.8 Å². The topological polar surface area (TPSA) is 40.5 Å². The van der Waals surface area contributed by atoms with Gasteiger partial charge < -0.3 is 10.2 Å². The molecule has 1 aliphatic carbocycles. The van der Waals surface area contributed by atoms with Crippen LogP contribution < -0.4 is 0 Å². The van der Waals surface area contributed by atoms with E-state index in [0.717, 1.165) is 18.4 Å². The number of halogens is 2. The van der Waals surface area contributed by atoms with Crippen LogP contribution >= 0.6 is 31.9 Å². The molecule has 2 N–H and O–H groups in total. The van der Waals surface area contributed by atoms with Crippen LogP contribution in [-0.2, 0) is 6.42 Å². The summed E-state index contributed by atoms with van der Waals surface area (Å²) >= 11 is 6.99. The third kappa shape index (κ3) is 2.91. The first kappa shape index (κ1) is 15.9. The van der Waals surface area contributed by atoms with Gasteiger partial charge in [-0.1, -0.05) is 41.9 Å². The molecular formula is C16H20Br2O2. The van der Waals surface area contributed by atoms with Crippen molar-refractivity contribution in [2.75, 3.05) is 0 Å². The van der Waals surface area contributed by atoms with Gasteiger partial charge in [-0.25, -0.2) is 0 Å². The Balaban J connectivity index is 2.32. The first-order chi connectivity index (χ1) is 9.23. The van der Waals surface area contributed by atoms with Crippen LogP contribution in [0.4, 0.5) is 0 Å². The first-order valence-corrected chi connectivity index (χ1v) is 8.46. The van der Waals surface area contributed by atoms with Crippen molar-refractivity contribution in [2.45, 2.75) is 37.9 Å². The van der Waals surface area contributed by atoms with Crippen LogP contribution in [0.2, 0.25) is 0 Å². The SMILES string of the molecule is C=C1CCC(Br)C(C)(C)C1Cc1cc(O)c(Br)cc1O. The van der Waals surface area contributed by atoms with Gasteiger partial charge in [0.15, 0.2) is 0 Å². The van der Waals surface area contributed by atoms with Gasteiger partial charge >= 0.3 is 0 Å². The Labute approximate surface area is 137 Å². The van der Waals surface area contributed by atoms with Crippen molar-refractivity contribution in [2.24, 2.45) is 11.3 Å². The molecule has 2 rings (SSSR count). The third-order valence-corrected chi connectivity index (χ3v) is 6.76. The summed E-state index contributed by atoms with van der Waals surface area (Å²) in [6, 6.07) is 3.19. The summed E-state index contributed by atoms with van der Waals surface area (Å²) in [5, 5.41) is 19.9. The zero-order valence-electron chi connectivity index (χ0n) is 11.8. The number of phenolic OH excluding ortho intramolecular Hbond substituents is 2. The van der Waals surface area contributed by atoms with Gasteiger partial charge in [0.1, 0.15) is 11.5 Å². The van der Waals surface area contributed by atoms with E-state index in [4.69, 9.17) is 0 Å². The lowest BCUT2D eigenvalue weighted by atomic mass is 9.64. The van der Waals surface area contributed by atoms with E-state index >= 15 is 0 Å². The van der Waals surface area contributed by atoms with Crippen LogP contribution in [0.3, 0.4) is 0 Å². The number of aromatic hydroxyl groups is 2. The highest BCUT2D eigenvalue weighted by Gasteiger charge is 2.41. The summed E-state index contributed by atoms with van der Waals surface area (Å²) < 4.78 is 0.513. The lowest BCUT2D eigenvalue weighted by Crippen LogP contribution is -2.39. The van der Waals surface area contributed by atoms with E-state index in [2.05, 4.69) is 52.3 Å². The maximum absolute atomic E-state index is 10.1. The molecule has 1 aliphatic rings. The normalized spacial score (nSPS) is 25.7.